The zero-order valence-electron chi connectivity index (χ0n) is 8.76. The molecule has 1 heterocycles. The van der Waals surface area contributed by atoms with Gasteiger partial charge < -0.3 is 5.32 Å². The summed E-state index contributed by atoms with van der Waals surface area (Å²) in [6.07, 6.45) is 1.90. The van der Waals surface area contributed by atoms with Gasteiger partial charge >= 0.3 is 0 Å². The van der Waals surface area contributed by atoms with E-state index in [1.807, 2.05) is 31.8 Å². The van der Waals surface area contributed by atoms with E-state index in [4.69, 9.17) is 0 Å². The van der Waals surface area contributed by atoms with E-state index in [0.29, 0.717) is 0 Å². The number of rotatable bonds is 3. The number of likely N-dealkylation sites (N-methyl/N-ethyl adjacent to an activating group) is 1. The van der Waals surface area contributed by atoms with E-state index in [2.05, 4.69) is 23.9 Å². The van der Waals surface area contributed by atoms with E-state index < -0.39 is 0 Å². The van der Waals surface area contributed by atoms with Crippen molar-refractivity contribution in [2.45, 2.75) is 19.9 Å². The molecule has 0 saturated heterocycles. The van der Waals surface area contributed by atoms with Crippen LogP contribution < -0.4 is 5.32 Å². The van der Waals surface area contributed by atoms with E-state index in [1.165, 1.54) is 11.3 Å². The lowest BCUT2D eigenvalue weighted by Gasteiger charge is -2.11. The molecule has 3 nitrogen and oxygen atoms in total. The minimum absolute atomic E-state index is 0.202. The molecule has 0 amide bonds. The minimum atomic E-state index is 0.202. The number of hydrogen-bond donors (Lipinski definition) is 1. The Morgan fingerprint density at radius 3 is 2.46 bits per heavy atom. The Bertz CT molecular complexity index is 312. The van der Waals surface area contributed by atoms with Crippen molar-refractivity contribution in [3.05, 3.63) is 29.6 Å². The fraction of sp³-hybridized carbons (Fsp3) is 0.500. The topological polar surface area (TPSA) is 29.9 Å². The van der Waals surface area contributed by atoms with Crippen LogP contribution in [0.25, 0.3) is 0 Å². The van der Waals surface area contributed by atoms with E-state index >= 15 is 0 Å². The van der Waals surface area contributed by atoms with Crippen LogP contribution in [0.5, 0.6) is 0 Å². The predicted molar refractivity (Wildman–Crippen MR) is 54.7 cm³/mol. The highest BCUT2D eigenvalue weighted by Gasteiger charge is 2.15. The van der Waals surface area contributed by atoms with Crippen molar-refractivity contribution in [2.75, 3.05) is 7.05 Å². The first-order valence-electron chi connectivity index (χ1n) is 4.41. The smallest absolute Gasteiger partial charge is 0.0647 e. The van der Waals surface area contributed by atoms with Crippen molar-refractivity contribution in [3.8, 4) is 0 Å². The van der Waals surface area contributed by atoms with Crippen molar-refractivity contribution in [1.82, 2.24) is 15.1 Å². The maximum atomic E-state index is 4.36. The van der Waals surface area contributed by atoms with Crippen molar-refractivity contribution >= 4 is 0 Å². The molecule has 1 rings (SSSR count). The van der Waals surface area contributed by atoms with Crippen LogP contribution in [0.1, 0.15) is 23.0 Å². The highest BCUT2D eigenvalue weighted by Crippen LogP contribution is 2.21. The number of nitrogens with zero attached hydrogens (tertiary/aromatic N) is 2. The second kappa shape index (κ2) is 3.75. The lowest BCUT2D eigenvalue weighted by Crippen LogP contribution is -2.15. The number of aryl methyl sites for hydroxylation is 2. The lowest BCUT2D eigenvalue weighted by atomic mass is 10.1. The van der Waals surface area contributed by atoms with Gasteiger partial charge in [0.05, 0.1) is 11.7 Å². The van der Waals surface area contributed by atoms with Crippen LogP contribution in [0.4, 0.5) is 0 Å². The summed E-state index contributed by atoms with van der Waals surface area (Å²) < 4.78 is 1.90. The quantitative estimate of drug-likeness (QED) is 0.712. The summed E-state index contributed by atoms with van der Waals surface area (Å²) in [5.74, 6) is 0. The molecule has 0 spiro atoms. The molecule has 13 heavy (non-hydrogen) atoms. The normalized spacial score (nSPS) is 12.9. The van der Waals surface area contributed by atoms with Gasteiger partial charge in [-0.25, -0.2) is 0 Å². The van der Waals surface area contributed by atoms with Crippen LogP contribution in [-0.2, 0) is 7.05 Å². The molecule has 1 atom stereocenters. The molecular formula is C10H17N3. The molecule has 0 aromatic carbocycles. The first-order chi connectivity index (χ1) is 6.11. The Hall–Kier alpha value is -1.09. The van der Waals surface area contributed by atoms with Crippen LogP contribution in [0.15, 0.2) is 12.7 Å². The third-order valence-corrected chi connectivity index (χ3v) is 2.42. The highest BCUT2D eigenvalue weighted by atomic mass is 15.3. The van der Waals surface area contributed by atoms with Gasteiger partial charge in [-0.1, -0.05) is 6.08 Å². The van der Waals surface area contributed by atoms with Gasteiger partial charge in [-0.2, -0.15) is 5.10 Å². The monoisotopic (exact) mass is 179 g/mol. The van der Waals surface area contributed by atoms with Crippen LogP contribution in [-0.4, -0.2) is 16.8 Å². The van der Waals surface area contributed by atoms with Crippen LogP contribution in [0, 0.1) is 13.8 Å². The summed E-state index contributed by atoms with van der Waals surface area (Å²) >= 11 is 0. The predicted octanol–water partition coefficient (Wildman–Crippen LogP) is 1.48. The van der Waals surface area contributed by atoms with Gasteiger partial charge in [0.15, 0.2) is 0 Å². The lowest BCUT2D eigenvalue weighted by molar-refractivity contribution is 0.698. The van der Waals surface area contributed by atoms with Crippen molar-refractivity contribution < 1.29 is 0 Å². The first kappa shape index (κ1) is 9.99. The van der Waals surface area contributed by atoms with E-state index in [9.17, 15) is 0 Å². The maximum Gasteiger partial charge on any atom is 0.0647 e. The molecule has 1 aromatic heterocycles. The van der Waals surface area contributed by atoms with Gasteiger partial charge in [0.2, 0.25) is 0 Å². The summed E-state index contributed by atoms with van der Waals surface area (Å²) in [6.45, 7) is 7.90. The van der Waals surface area contributed by atoms with E-state index in [1.54, 1.807) is 0 Å². The molecule has 1 unspecified atom stereocenters. The fourth-order valence-electron chi connectivity index (χ4n) is 1.62. The van der Waals surface area contributed by atoms with Gasteiger partial charge in [-0.05, 0) is 20.9 Å². The highest BCUT2D eigenvalue weighted by molar-refractivity contribution is 5.30. The Balaban J connectivity index is 3.18. The zero-order chi connectivity index (χ0) is 10.0. The largest absolute Gasteiger partial charge is 0.310 e. The number of aromatic nitrogens is 2. The summed E-state index contributed by atoms with van der Waals surface area (Å²) in [6, 6.07) is 0.202. The molecule has 1 N–H and O–H groups in total. The molecule has 3 heteroatoms. The van der Waals surface area contributed by atoms with Gasteiger partial charge in [-0.3, -0.25) is 4.68 Å². The molecule has 1 aromatic rings. The summed E-state index contributed by atoms with van der Waals surface area (Å²) in [5.41, 5.74) is 3.50. The summed E-state index contributed by atoms with van der Waals surface area (Å²) in [4.78, 5) is 0. The third kappa shape index (κ3) is 1.65. The minimum Gasteiger partial charge on any atom is -0.310 e. The first-order valence-corrected chi connectivity index (χ1v) is 4.41. The Morgan fingerprint density at radius 1 is 1.54 bits per heavy atom. The van der Waals surface area contributed by atoms with Crippen molar-refractivity contribution in [2.24, 2.45) is 7.05 Å². The fourth-order valence-corrected chi connectivity index (χ4v) is 1.62. The second-order valence-electron chi connectivity index (χ2n) is 3.21. The third-order valence-electron chi connectivity index (χ3n) is 2.42. The number of hydrogen-bond acceptors (Lipinski definition) is 2. The summed E-state index contributed by atoms with van der Waals surface area (Å²) in [7, 11) is 3.89. The SMILES string of the molecule is C=CC(NC)c1c(C)nn(C)c1C. The second-order valence-corrected chi connectivity index (χ2v) is 3.21. The van der Waals surface area contributed by atoms with E-state index in [-0.39, 0.29) is 6.04 Å². The Morgan fingerprint density at radius 2 is 2.15 bits per heavy atom. The summed E-state index contributed by atoms with van der Waals surface area (Å²) in [5, 5.41) is 7.55. The van der Waals surface area contributed by atoms with E-state index in [0.717, 1.165) is 5.69 Å². The standard InChI is InChI=1S/C10H17N3/c1-6-9(11-4)10-7(2)12-13(5)8(10)3/h6,9,11H,1H2,2-5H3. The molecule has 0 radical (unpaired) electrons. The molecule has 0 fully saturated rings. The molecule has 0 saturated carbocycles. The molecule has 0 bridgehead atoms. The Kier molecular flexibility index (Phi) is 2.88. The molecule has 0 aliphatic heterocycles. The average Bonchev–Trinajstić information content (AvgIpc) is 2.34. The van der Waals surface area contributed by atoms with Gasteiger partial charge in [0.25, 0.3) is 0 Å². The number of nitrogens with one attached hydrogen (secondary N) is 1. The van der Waals surface area contributed by atoms with Gasteiger partial charge in [0, 0.05) is 18.3 Å². The van der Waals surface area contributed by atoms with Crippen molar-refractivity contribution in [1.29, 1.82) is 0 Å². The molecule has 72 valence electrons. The van der Waals surface area contributed by atoms with Crippen LogP contribution in [0.2, 0.25) is 0 Å². The van der Waals surface area contributed by atoms with Crippen molar-refractivity contribution in [3.63, 3.8) is 0 Å². The molecule has 0 aliphatic rings. The van der Waals surface area contributed by atoms with Gasteiger partial charge in [-0.15, -0.1) is 6.58 Å². The average molecular weight is 179 g/mol. The zero-order valence-corrected chi connectivity index (χ0v) is 8.76. The van der Waals surface area contributed by atoms with Crippen LogP contribution >= 0.6 is 0 Å². The molecule has 0 aliphatic carbocycles. The van der Waals surface area contributed by atoms with Crippen LogP contribution in [0.3, 0.4) is 0 Å². The van der Waals surface area contributed by atoms with Gasteiger partial charge in [0.1, 0.15) is 0 Å². The Labute approximate surface area is 79.5 Å². The maximum absolute atomic E-state index is 4.36. The molecular weight excluding hydrogens is 162 g/mol.